The Bertz CT molecular complexity index is 790. The molecule has 29 heavy (non-hydrogen) atoms. The van der Waals surface area contributed by atoms with Crippen LogP contribution >= 0.6 is 15.9 Å². The van der Waals surface area contributed by atoms with E-state index in [1.165, 1.54) is 14.2 Å². The summed E-state index contributed by atoms with van der Waals surface area (Å²) >= 11 is 3.44. The molecule has 0 unspecified atom stereocenters. The van der Waals surface area contributed by atoms with Crippen molar-refractivity contribution in [1.29, 1.82) is 0 Å². The summed E-state index contributed by atoms with van der Waals surface area (Å²) in [5.41, 5.74) is 3.08. The maximum absolute atomic E-state index is 12.9. The fraction of sp³-hybridized carbons (Fsp3) is 0.476. The lowest BCUT2D eigenvalue weighted by Gasteiger charge is -2.28. The number of benzene rings is 1. The van der Waals surface area contributed by atoms with Gasteiger partial charge < -0.3 is 20.1 Å². The maximum Gasteiger partial charge on any atom is 0.407 e. The number of rotatable bonds is 8. The fourth-order valence-electron chi connectivity index (χ4n) is 3.07. The van der Waals surface area contributed by atoms with Gasteiger partial charge in [0.1, 0.15) is 6.04 Å². The van der Waals surface area contributed by atoms with Crippen LogP contribution < -0.4 is 10.6 Å². The first-order valence-corrected chi connectivity index (χ1v) is 10.2. The second kappa shape index (κ2) is 10.5. The van der Waals surface area contributed by atoms with Crippen LogP contribution in [0.5, 0.6) is 0 Å². The van der Waals surface area contributed by atoms with Crippen molar-refractivity contribution < 1.29 is 19.1 Å². The van der Waals surface area contributed by atoms with E-state index in [-0.39, 0.29) is 17.9 Å². The Morgan fingerprint density at radius 3 is 2.31 bits per heavy atom. The first kappa shape index (κ1) is 23.1. The van der Waals surface area contributed by atoms with E-state index in [2.05, 4.69) is 36.3 Å². The number of allylic oxidation sites excluding steroid dienone is 1. The van der Waals surface area contributed by atoms with E-state index in [1.807, 2.05) is 44.3 Å². The number of carbonyl (C=O) groups excluding carboxylic acids is 2. The first-order chi connectivity index (χ1) is 13.8. The molecule has 1 aliphatic rings. The topological polar surface area (TPSA) is 89.0 Å². The summed E-state index contributed by atoms with van der Waals surface area (Å²) in [7, 11) is 2.74. The molecular formula is C21H28BrN3O4. The summed E-state index contributed by atoms with van der Waals surface area (Å²) in [5.74, 6) is -0.227. The number of hydrogen-bond donors (Lipinski definition) is 2. The monoisotopic (exact) mass is 465 g/mol. The summed E-state index contributed by atoms with van der Waals surface area (Å²) < 4.78 is 10.9. The van der Waals surface area contributed by atoms with E-state index in [1.54, 1.807) is 6.92 Å². The number of amides is 2. The molecule has 0 radical (unpaired) electrons. The minimum atomic E-state index is -0.880. The van der Waals surface area contributed by atoms with Crippen LogP contribution in [0.3, 0.4) is 0 Å². The molecule has 0 bridgehead atoms. The number of alkyl carbamates (subject to hydrolysis) is 1. The molecular weight excluding hydrogens is 438 g/mol. The average Bonchev–Trinajstić information content (AvgIpc) is 3.19. The van der Waals surface area contributed by atoms with E-state index in [0.29, 0.717) is 6.42 Å². The SMILES string of the molecule is COC(=O)N[C@H](C(=O)N[C@H](C1=NC=C(c2ccc(Br)cc2)C1)C(C)C)[C@@H](C)OC. The first-order valence-electron chi connectivity index (χ1n) is 9.46. The molecule has 7 nitrogen and oxygen atoms in total. The quantitative estimate of drug-likeness (QED) is 0.614. The summed E-state index contributed by atoms with van der Waals surface area (Å²) in [5, 5.41) is 5.56. The summed E-state index contributed by atoms with van der Waals surface area (Å²) in [6, 6.07) is 6.91. The molecule has 2 N–H and O–H groups in total. The van der Waals surface area contributed by atoms with Crippen molar-refractivity contribution in [2.24, 2.45) is 10.9 Å². The molecule has 0 saturated carbocycles. The van der Waals surface area contributed by atoms with Gasteiger partial charge in [0.15, 0.2) is 0 Å². The fourth-order valence-corrected chi connectivity index (χ4v) is 3.34. The van der Waals surface area contributed by atoms with Gasteiger partial charge in [0.2, 0.25) is 5.91 Å². The smallest absolute Gasteiger partial charge is 0.407 e. The zero-order valence-corrected chi connectivity index (χ0v) is 18.9. The van der Waals surface area contributed by atoms with Crippen LogP contribution in [0, 0.1) is 5.92 Å². The van der Waals surface area contributed by atoms with Gasteiger partial charge in [-0.3, -0.25) is 9.79 Å². The molecule has 0 aliphatic carbocycles. The van der Waals surface area contributed by atoms with Crippen LogP contribution in [0.4, 0.5) is 4.79 Å². The van der Waals surface area contributed by atoms with Crippen LogP contribution in [0.25, 0.3) is 5.57 Å². The van der Waals surface area contributed by atoms with Gasteiger partial charge in [-0.05, 0) is 36.1 Å². The molecule has 158 valence electrons. The van der Waals surface area contributed by atoms with Gasteiger partial charge in [-0.1, -0.05) is 41.9 Å². The number of nitrogens with one attached hydrogen (secondary N) is 2. The molecule has 8 heteroatoms. The Morgan fingerprint density at radius 2 is 1.76 bits per heavy atom. The van der Waals surface area contributed by atoms with Crippen LogP contribution in [0.1, 0.15) is 32.8 Å². The van der Waals surface area contributed by atoms with Gasteiger partial charge in [-0.2, -0.15) is 0 Å². The third-order valence-electron chi connectivity index (χ3n) is 4.88. The van der Waals surface area contributed by atoms with E-state index < -0.39 is 18.2 Å². The third kappa shape index (κ3) is 6.14. The van der Waals surface area contributed by atoms with Crippen molar-refractivity contribution in [3.8, 4) is 0 Å². The average molecular weight is 466 g/mol. The number of methoxy groups -OCH3 is 2. The lowest BCUT2D eigenvalue weighted by Crippen LogP contribution is -2.57. The minimum absolute atomic E-state index is 0.118. The molecule has 1 aromatic rings. The second-order valence-electron chi connectivity index (χ2n) is 7.24. The van der Waals surface area contributed by atoms with Crippen molar-refractivity contribution in [1.82, 2.24) is 10.6 Å². The number of aliphatic imine (C=N–C) groups is 1. The van der Waals surface area contributed by atoms with Gasteiger partial charge in [0.25, 0.3) is 0 Å². The van der Waals surface area contributed by atoms with Crippen LogP contribution in [0.2, 0.25) is 0 Å². The van der Waals surface area contributed by atoms with Crippen LogP contribution in [0.15, 0.2) is 39.9 Å². The predicted molar refractivity (Wildman–Crippen MR) is 117 cm³/mol. The van der Waals surface area contributed by atoms with Gasteiger partial charge in [0, 0.05) is 29.9 Å². The van der Waals surface area contributed by atoms with Crippen LogP contribution in [-0.4, -0.2) is 50.1 Å². The Balaban J connectivity index is 2.10. The molecule has 0 saturated heterocycles. The summed E-state index contributed by atoms with van der Waals surface area (Å²) in [6.07, 6.45) is 1.29. The van der Waals surface area contributed by atoms with Crippen molar-refractivity contribution in [3.05, 3.63) is 40.5 Å². The van der Waals surface area contributed by atoms with E-state index >= 15 is 0 Å². The zero-order valence-electron chi connectivity index (χ0n) is 17.4. The molecule has 2 rings (SSSR count). The molecule has 1 aliphatic heterocycles. The highest BCUT2D eigenvalue weighted by Crippen LogP contribution is 2.27. The van der Waals surface area contributed by atoms with E-state index in [9.17, 15) is 9.59 Å². The standard InChI is InChI=1S/C21H28BrN3O4/c1-12(2)18(24-20(26)19(13(3)28-4)25-21(27)29-5)17-10-15(11-23-17)14-6-8-16(22)9-7-14/h6-9,11-13,18-19H,10H2,1-5H3,(H,24,26)(H,25,27)/t13-,18+,19+/m1/s1. The summed E-state index contributed by atoms with van der Waals surface area (Å²) in [6.45, 7) is 5.76. The largest absolute Gasteiger partial charge is 0.453 e. The molecule has 0 spiro atoms. The predicted octanol–water partition coefficient (Wildman–Crippen LogP) is 3.54. The van der Waals surface area contributed by atoms with Gasteiger partial charge in [-0.15, -0.1) is 0 Å². The Hall–Kier alpha value is -2.19. The number of carbonyl (C=O) groups is 2. The van der Waals surface area contributed by atoms with Gasteiger partial charge >= 0.3 is 6.09 Å². The molecule has 0 fully saturated rings. The Labute approximate surface area is 180 Å². The number of halogens is 1. The second-order valence-corrected chi connectivity index (χ2v) is 8.16. The Morgan fingerprint density at radius 1 is 1.10 bits per heavy atom. The summed E-state index contributed by atoms with van der Waals surface area (Å²) in [4.78, 5) is 29.1. The van der Waals surface area contributed by atoms with Crippen molar-refractivity contribution in [2.75, 3.05) is 14.2 Å². The highest BCUT2D eigenvalue weighted by molar-refractivity contribution is 9.10. The van der Waals surface area contributed by atoms with E-state index in [0.717, 1.165) is 21.3 Å². The number of ether oxygens (including phenoxy) is 2. The van der Waals surface area contributed by atoms with Gasteiger partial charge in [-0.25, -0.2) is 4.79 Å². The molecule has 1 heterocycles. The lowest BCUT2D eigenvalue weighted by atomic mass is 9.93. The highest BCUT2D eigenvalue weighted by atomic mass is 79.9. The van der Waals surface area contributed by atoms with Crippen molar-refractivity contribution >= 4 is 39.2 Å². The molecule has 2 amide bonds. The number of hydrogen-bond acceptors (Lipinski definition) is 5. The van der Waals surface area contributed by atoms with Crippen LogP contribution in [-0.2, 0) is 14.3 Å². The Kier molecular flexibility index (Phi) is 8.40. The molecule has 0 aromatic heterocycles. The maximum atomic E-state index is 12.9. The molecule has 1 aromatic carbocycles. The third-order valence-corrected chi connectivity index (χ3v) is 5.41. The van der Waals surface area contributed by atoms with Gasteiger partial charge in [0.05, 0.1) is 19.3 Å². The van der Waals surface area contributed by atoms with Crippen molar-refractivity contribution in [3.63, 3.8) is 0 Å². The van der Waals surface area contributed by atoms with E-state index in [4.69, 9.17) is 4.74 Å². The normalized spacial score (nSPS) is 16.5. The minimum Gasteiger partial charge on any atom is -0.453 e. The lowest BCUT2D eigenvalue weighted by molar-refractivity contribution is -0.126. The number of nitrogens with zero attached hydrogens (tertiary/aromatic N) is 1. The van der Waals surface area contributed by atoms with Crippen molar-refractivity contribution in [2.45, 2.75) is 45.4 Å². The zero-order chi connectivity index (χ0) is 21.6. The molecule has 3 atom stereocenters. The highest BCUT2D eigenvalue weighted by Gasteiger charge is 2.32.